The summed E-state index contributed by atoms with van der Waals surface area (Å²) in [5.41, 5.74) is 0.736. The van der Waals surface area contributed by atoms with Crippen molar-refractivity contribution < 1.29 is 0 Å². The molecule has 1 N–H and O–H groups in total. The summed E-state index contributed by atoms with van der Waals surface area (Å²) in [5, 5.41) is 3.67. The molecule has 3 saturated carbocycles. The molecule has 16 heavy (non-hydrogen) atoms. The molecule has 0 radical (unpaired) electrons. The third kappa shape index (κ3) is 2.16. The van der Waals surface area contributed by atoms with E-state index >= 15 is 0 Å². The van der Waals surface area contributed by atoms with E-state index in [-0.39, 0.29) is 0 Å². The minimum absolute atomic E-state index is 0.664. The van der Waals surface area contributed by atoms with Crippen LogP contribution in [0, 0.1) is 23.2 Å². The first-order valence-electron chi connectivity index (χ1n) is 7.40. The Morgan fingerprint density at radius 2 is 2.00 bits per heavy atom. The number of nitrogens with one attached hydrogen (secondary N) is 1. The van der Waals surface area contributed by atoms with Crippen molar-refractivity contribution in [3.8, 4) is 0 Å². The van der Waals surface area contributed by atoms with Gasteiger partial charge in [0, 0.05) is 12.6 Å². The molecule has 3 rings (SSSR count). The van der Waals surface area contributed by atoms with E-state index in [1.807, 2.05) is 0 Å². The molecule has 2 bridgehead atoms. The molecular formula is C15H27N. The van der Waals surface area contributed by atoms with Crippen LogP contribution in [0.1, 0.15) is 58.8 Å². The molecule has 0 spiro atoms. The molecule has 3 fully saturated rings. The maximum atomic E-state index is 3.67. The minimum atomic E-state index is 0.664. The molecular weight excluding hydrogens is 194 g/mol. The third-order valence-electron chi connectivity index (χ3n) is 5.42. The monoisotopic (exact) mass is 221 g/mol. The van der Waals surface area contributed by atoms with Crippen LogP contribution in [0.4, 0.5) is 0 Å². The summed E-state index contributed by atoms with van der Waals surface area (Å²) in [6, 6.07) is 0.664. The molecule has 0 aromatic carbocycles. The Labute approximate surface area is 100 Å². The SMILES string of the molecule is CC(C)NCC1(CC2CC3CCC2C3)CC1. The van der Waals surface area contributed by atoms with Crippen molar-refractivity contribution in [2.45, 2.75) is 64.8 Å². The van der Waals surface area contributed by atoms with Crippen LogP contribution in [-0.4, -0.2) is 12.6 Å². The number of hydrogen-bond acceptors (Lipinski definition) is 1. The standard InChI is InChI=1S/C15H27N/c1-11(2)16-10-15(5-6-15)9-14-8-12-3-4-13(14)7-12/h11-14,16H,3-10H2,1-2H3. The Morgan fingerprint density at radius 1 is 1.19 bits per heavy atom. The fraction of sp³-hybridized carbons (Fsp3) is 1.00. The minimum Gasteiger partial charge on any atom is -0.314 e. The lowest BCUT2D eigenvalue weighted by atomic mass is 9.81. The van der Waals surface area contributed by atoms with Gasteiger partial charge < -0.3 is 5.32 Å². The summed E-state index contributed by atoms with van der Waals surface area (Å²) in [7, 11) is 0. The topological polar surface area (TPSA) is 12.0 Å². The van der Waals surface area contributed by atoms with Gasteiger partial charge in [-0.15, -0.1) is 0 Å². The molecule has 3 unspecified atom stereocenters. The highest BCUT2D eigenvalue weighted by atomic mass is 14.9. The van der Waals surface area contributed by atoms with Gasteiger partial charge in [0.2, 0.25) is 0 Å². The van der Waals surface area contributed by atoms with Crippen LogP contribution in [0.25, 0.3) is 0 Å². The van der Waals surface area contributed by atoms with Gasteiger partial charge in [0.1, 0.15) is 0 Å². The quantitative estimate of drug-likeness (QED) is 0.748. The zero-order valence-electron chi connectivity index (χ0n) is 11.0. The average molecular weight is 221 g/mol. The van der Waals surface area contributed by atoms with Crippen LogP contribution >= 0.6 is 0 Å². The van der Waals surface area contributed by atoms with Crippen molar-refractivity contribution in [3.63, 3.8) is 0 Å². The van der Waals surface area contributed by atoms with Crippen molar-refractivity contribution in [3.05, 3.63) is 0 Å². The van der Waals surface area contributed by atoms with Crippen LogP contribution < -0.4 is 5.32 Å². The van der Waals surface area contributed by atoms with Gasteiger partial charge in [-0.2, -0.15) is 0 Å². The Balaban J connectivity index is 1.51. The highest BCUT2D eigenvalue weighted by Crippen LogP contribution is 2.57. The number of rotatable bonds is 5. The molecule has 0 saturated heterocycles. The summed E-state index contributed by atoms with van der Waals surface area (Å²) in [4.78, 5) is 0. The summed E-state index contributed by atoms with van der Waals surface area (Å²) < 4.78 is 0. The van der Waals surface area contributed by atoms with E-state index in [2.05, 4.69) is 19.2 Å². The highest BCUT2D eigenvalue weighted by molar-refractivity contribution is 5.00. The molecule has 3 aliphatic carbocycles. The summed E-state index contributed by atoms with van der Waals surface area (Å²) in [6.07, 6.45) is 10.8. The normalized spacial score (nSPS) is 39.6. The largest absolute Gasteiger partial charge is 0.314 e. The predicted octanol–water partition coefficient (Wildman–Crippen LogP) is 3.59. The molecule has 0 heterocycles. The van der Waals surface area contributed by atoms with Crippen LogP contribution in [0.5, 0.6) is 0 Å². The van der Waals surface area contributed by atoms with Gasteiger partial charge in [0.25, 0.3) is 0 Å². The lowest BCUT2D eigenvalue weighted by molar-refractivity contribution is 0.248. The van der Waals surface area contributed by atoms with Crippen LogP contribution in [0.3, 0.4) is 0 Å². The van der Waals surface area contributed by atoms with Crippen LogP contribution in [-0.2, 0) is 0 Å². The zero-order chi connectivity index (χ0) is 11.2. The summed E-state index contributed by atoms with van der Waals surface area (Å²) in [6.45, 7) is 5.83. The van der Waals surface area contributed by atoms with Gasteiger partial charge in [-0.1, -0.05) is 20.3 Å². The van der Waals surface area contributed by atoms with E-state index in [1.54, 1.807) is 32.1 Å². The van der Waals surface area contributed by atoms with Gasteiger partial charge in [-0.25, -0.2) is 0 Å². The van der Waals surface area contributed by atoms with Crippen LogP contribution in [0.2, 0.25) is 0 Å². The zero-order valence-corrected chi connectivity index (χ0v) is 11.0. The first-order chi connectivity index (χ1) is 7.67. The van der Waals surface area contributed by atoms with E-state index in [1.165, 1.54) is 19.4 Å². The first kappa shape index (κ1) is 11.1. The Kier molecular flexibility index (Phi) is 2.78. The molecule has 0 amide bonds. The van der Waals surface area contributed by atoms with E-state index in [4.69, 9.17) is 0 Å². The van der Waals surface area contributed by atoms with Gasteiger partial charge in [0.15, 0.2) is 0 Å². The van der Waals surface area contributed by atoms with E-state index in [0.29, 0.717) is 6.04 Å². The number of fused-ring (bicyclic) bond motifs is 2. The average Bonchev–Trinajstić information content (AvgIpc) is 2.71. The number of hydrogen-bond donors (Lipinski definition) is 1. The fourth-order valence-corrected chi connectivity index (χ4v) is 4.23. The fourth-order valence-electron chi connectivity index (χ4n) is 4.23. The van der Waals surface area contributed by atoms with Crippen LogP contribution in [0.15, 0.2) is 0 Å². The first-order valence-corrected chi connectivity index (χ1v) is 7.40. The second kappa shape index (κ2) is 4.01. The molecule has 1 heteroatoms. The van der Waals surface area contributed by atoms with Crippen molar-refractivity contribution in [2.75, 3.05) is 6.54 Å². The predicted molar refractivity (Wildman–Crippen MR) is 68.4 cm³/mol. The molecule has 0 aromatic heterocycles. The summed E-state index contributed by atoms with van der Waals surface area (Å²) in [5.74, 6) is 3.36. The van der Waals surface area contributed by atoms with E-state index in [9.17, 15) is 0 Å². The smallest absolute Gasteiger partial charge is 0.00106 e. The van der Waals surface area contributed by atoms with Gasteiger partial charge >= 0.3 is 0 Å². The second-order valence-electron chi connectivity index (χ2n) is 7.17. The van der Waals surface area contributed by atoms with Gasteiger partial charge in [-0.05, 0) is 61.7 Å². The van der Waals surface area contributed by atoms with Crippen molar-refractivity contribution in [1.82, 2.24) is 5.32 Å². The summed E-state index contributed by atoms with van der Waals surface area (Å²) >= 11 is 0. The van der Waals surface area contributed by atoms with E-state index < -0.39 is 0 Å². The third-order valence-corrected chi connectivity index (χ3v) is 5.42. The second-order valence-corrected chi connectivity index (χ2v) is 7.17. The van der Waals surface area contributed by atoms with Crippen molar-refractivity contribution in [1.29, 1.82) is 0 Å². The van der Waals surface area contributed by atoms with Gasteiger partial charge in [-0.3, -0.25) is 0 Å². The Hall–Kier alpha value is -0.0400. The van der Waals surface area contributed by atoms with Crippen molar-refractivity contribution in [2.24, 2.45) is 23.2 Å². The maximum Gasteiger partial charge on any atom is 0.00106 e. The highest BCUT2D eigenvalue weighted by Gasteiger charge is 2.48. The van der Waals surface area contributed by atoms with E-state index in [0.717, 1.165) is 23.2 Å². The molecule has 3 atom stereocenters. The van der Waals surface area contributed by atoms with Crippen molar-refractivity contribution >= 4 is 0 Å². The molecule has 92 valence electrons. The molecule has 1 nitrogen and oxygen atoms in total. The maximum absolute atomic E-state index is 3.67. The Morgan fingerprint density at radius 3 is 2.50 bits per heavy atom. The lowest BCUT2D eigenvalue weighted by Gasteiger charge is -2.27. The van der Waals surface area contributed by atoms with Gasteiger partial charge in [0.05, 0.1) is 0 Å². The molecule has 0 aliphatic heterocycles. The molecule has 3 aliphatic rings. The Bertz CT molecular complexity index is 254. The molecule has 0 aromatic rings. The lowest BCUT2D eigenvalue weighted by Crippen LogP contribution is -2.31.